The molecule has 0 atom stereocenters. The van der Waals surface area contributed by atoms with E-state index in [1.807, 2.05) is 12.1 Å². The van der Waals surface area contributed by atoms with Crippen molar-refractivity contribution in [3.8, 4) is 12.3 Å². The SMILES string of the molecule is C#CCN(Cc1ccco1)c1nc(N2CCCC2)nc2c1CN(Cc1ccccc1)CC2. The molecule has 1 fully saturated rings. The predicted molar refractivity (Wildman–Crippen MR) is 126 cm³/mol. The highest BCUT2D eigenvalue weighted by molar-refractivity contribution is 5.55. The van der Waals surface area contributed by atoms with Crippen molar-refractivity contribution in [2.24, 2.45) is 0 Å². The van der Waals surface area contributed by atoms with Gasteiger partial charge in [0, 0.05) is 44.7 Å². The van der Waals surface area contributed by atoms with Crippen molar-refractivity contribution in [2.45, 2.75) is 38.9 Å². The zero-order valence-electron chi connectivity index (χ0n) is 18.4. The van der Waals surface area contributed by atoms with E-state index in [-0.39, 0.29) is 0 Å². The molecule has 5 rings (SSSR count). The molecule has 2 aliphatic heterocycles. The second-order valence-corrected chi connectivity index (χ2v) is 8.55. The Labute approximate surface area is 189 Å². The molecular weight excluding hydrogens is 398 g/mol. The van der Waals surface area contributed by atoms with Crippen LogP contribution in [0.3, 0.4) is 0 Å². The molecule has 0 bridgehead atoms. The number of fused-ring (bicyclic) bond motifs is 1. The molecule has 1 aromatic carbocycles. The summed E-state index contributed by atoms with van der Waals surface area (Å²) in [5.74, 6) is 5.49. The van der Waals surface area contributed by atoms with E-state index in [0.29, 0.717) is 13.1 Å². The van der Waals surface area contributed by atoms with E-state index in [1.54, 1.807) is 6.26 Å². The van der Waals surface area contributed by atoms with Gasteiger partial charge in [-0.15, -0.1) is 6.42 Å². The largest absolute Gasteiger partial charge is 0.467 e. The fourth-order valence-electron chi connectivity index (χ4n) is 4.64. The lowest BCUT2D eigenvalue weighted by Gasteiger charge is -2.33. The van der Waals surface area contributed by atoms with Gasteiger partial charge < -0.3 is 14.2 Å². The topological polar surface area (TPSA) is 48.6 Å². The third kappa shape index (κ3) is 4.49. The summed E-state index contributed by atoms with van der Waals surface area (Å²) < 4.78 is 5.63. The third-order valence-corrected chi connectivity index (χ3v) is 6.25. The van der Waals surface area contributed by atoms with Crippen LogP contribution in [0.15, 0.2) is 53.1 Å². The Balaban J connectivity index is 1.49. The van der Waals surface area contributed by atoms with Gasteiger partial charge >= 0.3 is 0 Å². The molecule has 32 heavy (non-hydrogen) atoms. The van der Waals surface area contributed by atoms with Crippen molar-refractivity contribution in [1.29, 1.82) is 0 Å². The molecule has 2 aliphatic rings. The maximum Gasteiger partial charge on any atom is 0.227 e. The third-order valence-electron chi connectivity index (χ3n) is 6.25. The quantitative estimate of drug-likeness (QED) is 0.534. The summed E-state index contributed by atoms with van der Waals surface area (Å²) in [6.07, 6.45) is 10.8. The smallest absolute Gasteiger partial charge is 0.227 e. The lowest BCUT2D eigenvalue weighted by atomic mass is 10.0. The second-order valence-electron chi connectivity index (χ2n) is 8.55. The van der Waals surface area contributed by atoms with Crippen molar-refractivity contribution in [2.75, 3.05) is 36.0 Å². The van der Waals surface area contributed by atoms with Crippen LogP contribution in [0.4, 0.5) is 11.8 Å². The van der Waals surface area contributed by atoms with Crippen molar-refractivity contribution in [1.82, 2.24) is 14.9 Å². The lowest BCUT2D eigenvalue weighted by Crippen LogP contribution is -2.35. The zero-order valence-corrected chi connectivity index (χ0v) is 18.4. The van der Waals surface area contributed by atoms with Gasteiger partial charge in [-0.05, 0) is 30.5 Å². The molecule has 0 radical (unpaired) electrons. The molecule has 3 aromatic rings. The lowest BCUT2D eigenvalue weighted by molar-refractivity contribution is 0.243. The Bertz CT molecular complexity index is 1070. The molecule has 4 heterocycles. The van der Waals surface area contributed by atoms with Gasteiger partial charge in [0.1, 0.15) is 11.6 Å². The number of aromatic nitrogens is 2. The summed E-state index contributed by atoms with van der Waals surface area (Å²) in [6, 6.07) is 14.5. The standard InChI is InChI=1S/C26H29N5O/c1-2-13-31(19-22-11-8-17-32-22)25-23-20-29(18-21-9-4-3-5-10-21)16-12-24(23)27-26(28-25)30-14-6-7-15-30/h1,3-5,8-11,17H,6-7,12-16,18-20H2. The molecule has 6 nitrogen and oxygen atoms in total. The first-order valence-electron chi connectivity index (χ1n) is 11.4. The van der Waals surface area contributed by atoms with Crippen molar-refractivity contribution < 1.29 is 4.42 Å². The maximum atomic E-state index is 5.77. The number of anilines is 2. The maximum absolute atomic E-state index is 5.77. The fourth-order valence-corrected chi connectivity index (χ4v) is 4.64. The highest BCUT2D eigenvalue weighted by Crippen LogP contribution is 2.31. The van der Waals surface area contributed by atoms with Crippen LogP contribution >= 0.6 is 0 Å². The normalized spacial score (nSPS) is 16.0. The van der Waals surface area contributed by atoms with E-state index in [0.717, 1.165) is 62.4 Å². The van der Waals surface area contributed by atoms with Gasteiger partial charge in [-0.1, -0.05) is 36.3 Å². The highest BCUT2D eigenvalue weighted by atomic mass is 16.3. The highest BCUT2D eigenvalue weighted by Gasteiger charge is 2.27. The van der Waals surface area contributed by atoms with Gasteiger partial charge in [-0.3, -0.25) is 4.90 Å². The van der Waals surface area contributed by atoms with E-state index >= 15 is 0 Å². The van der Waals surface area contributed by atoms with Crippen LogP contribution in [-0.4, -0.2) is 41.0 Å². The van der Waals surface area contributed by atoms with Crippen molar-refractivity contribution in [3.63, 3.8) is 0 Å². The fraction of sp³-hybridized carbons (Fsp3) is 0.385. The van der Waals surface area contributed by atoms with Crippen LogP contribution in [0.2, 0.25) is 0 Å². The molecule has 0 unspecified atom stereocenters. The first kappa shape index (κ1) is 20.6. The van der Waals surface area contributed by atoms with Crippen LogP contribution in [0, 0.1) is 12.3 Å². The minimum atomic E-state index is 0.474. The van der Waals surface area contributed by atoms with E-state index < -0.39 is 0 Å². The monoisotopic (exact) mass is 427 g/mol. The van der Waals surface area contributed by atoms with Crippen molar-refractivity contribution in [3.05, 3.63) is 71.3 Å². The summed E-state index contributed by atoms with van der Waals surface area (Å²) >= 11 is 0. The summed E-state index contributed by atoms with van der Waals surface area (Å²) in [4.78, 5) is 17.0. The van der Waals surface area contributed by atoms with Crippen molar-refractivity contribution >= 4 is 11.8 Å². The number of hydrogen-bond donors (Lipinski definition) is 0. The van der Waals surface area contributed by atoms with Crippen LogP contribution < -0.4 is 9.80 Å². The number of furan rings is 1. The molecule has 1 saturated heterocycles. The van der Waals surface area contributed by atoms with E-state index in [2.05, 4.69) is 51.0 Å². The van der Waals surface area contributed by atoms with Crippen LogP contribution in [0.1, 0.15) is 35.4 Å². The number of terminal acetylenes is 1. The van der Waals surface area contributed by atoms with Gasteiger partial charge in [0.2, 0.25) is 5.95 Å². The van der Waals surface area contributed by atoms with Crippen LogP contribution in [-0.2, 0) is 26.1 Å². The molecule has 0 saturated carbocycles. The Hall–Kier alpha value is -3.30. The minimum absolute atomic E-state index is 0.474. The number of hydrogen-bond acceptors (Lipinski definition) is 6. The van der Waals surface area contributed by atoms with E-state index in [1.165, 1.54) is 24.0 Å². The van der Waals surface area contributed by atoms with Gasteiger partial charge in [0.25, 0.3) is 0 Å². The zero-order chi connectivity index (χ0) is 21.8. The summed E-state index contributed by atoms with van der Waals surface area (Å²) in [6.45, 7) is 5.84. The number of rotatable bonds is 7. The van der Waals surface area contributed by atoms with Gasteiger partial charge in [0.05, 0.1) is 25.0 Å². The van der Waals surface area contributed by atoms with E-state index in [4.69, 9.17) is 20.8 Å². The Kier molecular flexibility index (Phi) is 6.09. The average Bonchev–Trinajstić information content (AvgIpc) is 3.53. The molecule has 164 valence electrons. The molecule has 6 heteroatoms. The van der Waals surface area contributed by atoms with Gasteiger partial charge in [-0.25, -0.2) is 4.98 Å². The second kappa shape index (κ2) is 9.46. The molecule has 0 aliphatic carbocycles. The van der Waals surface area contributed by atoms with Gasteiger partial charge in [-0.2, -0.15) is 4.98 Å². The average molecular weight is 428 g/mol. The summed E-state index contributed by atoms with van der Waals surface area (Å²) in [5.41, 5.74) is 3.67. The Morgan fingerprint density at radius 3 is 2.62 bits per heavy atom. The molecule has 0 amide bonds. The Morgan fingerprint density at radius 1 is 1.03 bits per heavy atom. The summed E-state index contributed by atoms with van der Waals surface area (Å²) in [5, 5.41) is 0. The molecule has 0 N–H and O–H groups in total. The summed E-state index contributed by atoms with van der Waals surface area (Å²) in [7, 11) is 0. The first-order chi connectivity index (χ1) is 15.8. The number of nitrogens with zero attached hydrogens (tertiary/aromatic N) is 5. The minimum Gasteiger partial charge on any atom is -0.467 e. The first-order valence-corrected chi connectivity index (χ1v) is 11.4. The molecule has 2 aromatic heterocycles. The predicted octanol–water partition coefficient (Wildman–Crippen LogP) is 3.87. The molecular formula is C26H29N5O. The van der Waals surface area contributed by atoms with E-state index in [9.17, 15) is 0 Å². The Morgan fingerprint density at radius 2 is 1.88 bits per heavy atom. The van der Waals surface area contributed by atoms with Gasteiger partial charge in [0.15, 0.2) is 0 Å². The van der Waals surface area contributed by atoms with Crippen LogP contribution in [0.5, 0.6) is 0 Å². The number of benzene rings is 1. The van der Waals surface area contributed by atoms with Crippen LogP contribution in [0.25, 0.3) is 0 Å². The molecule has 0 spiro atoms.